The van der Waals surface area contributed by atoms with E-state index in [2.05, 4.69) is 20.1 Å². The van der Waals surface area contributed by atoms with E-state index in [9.17, 15) is 13.6 Å². The second-order valence-corrected chi connectivity index (χ2v) is 6.08. The van der Waals surface area contributed by atoms with E-state index in [-0.39, 0.29) is 16.5 Å². The number of anilines is 1. The van der Waals surface area contributed by atoms with Crippen molar-refractivity contribution in [2.24, 2.45) is 0 Å². The molecule has 0 spiro atoms. The Morgan fingerprint density at radius 1 is 1.50 bits per heavy atom. The van der Waals surface area contributed by atoms with E-state index in [1.807, 2.05) is 6.92 Å². The Morgan fingerprint density at radius 3 is 3.00 bits per heavy atom. The van der Waals surface area contributed by atoms with Gasteiger partial charge < -0.3 is 4.74 Å². The second kappa shape index (κ2) is 6.70. The maximum Gasteiger partial charge on any atom is 0.387 e. The molecule has 0 radical (unpaired) electrons. The van der Waals surface area contributed by atoms with Crippen molar-refractivity contribution in [2.75, 3.05) is 5.32 Å². The van der Waals surface area contributed by atoms with Gasteiger partial charge >= 0.3 is 6.61 Å². The first-order valence-corrected chi connectivity index (χ1v) is 8.05. The molecule has 0 fully saturated rings. The third-order valence-electron chi connectivity index (χ3n) is 3.11. The summed E-state index contributed by atoms with van der Waals surface area (Å²) >= 11 is 7.13. The zero-order chi connectivity index (χ0) is 17.3. The fraction of sp³-hybridized carbons (Fsp3) is 0.214. The lowest BCUT2D eigenvalue weighted by atomic mass is 10.3. The molecule has 3 rings (SSSR count). The number of carbonyl (C=O) groups is 1. The highest BCUT2D eigenvalue weighted by Crippen LogP contribution is 2.30. The van der Waals surface area contributed by atoms with Crippen LogP contribution >= 0.6 is 22.9 Å². The van der Waals surface area contributed by atoms with Crippen molar-refractivity contribution in [3.63, 3.8) is 0 Å². The molecule has 0 aliphatic rings. The predicted octanol–water partition coefficient (Wildman–Crippen LogP) is 4.02. The molecule has 3 aromatic rings. The van der Waals surface area contributed by atoms with Gasteiger partial charge in [0, 0.05) is 6.54 Å². The number of ether oxygens (including phenoxy) is 1. The lowest BCUT2D eigenvalue weighted by Crippen LogP contribution is -2.17. The maximum atomic E-state index is 12.4. The first-order chi connectivity index (χ1) is 11.5. The second-order valence-electron chi connectivity index (χ2n) is 4.64. The van der Waals surface area contributed by atoms with Gasteiger partial charge in [0.25, 0.3) is 5.91 Å². The van der Waals surface area contributed by atoms with E-state index >= 15 is 0 Å². The van der Waals surface area contributed by atoms with Crippen LogP contribution in [0.25, 0.3) is 10.2 Å². The number of amides is 1. The van der Waals surface area contributed by atoms with E-state index in [0.717, 1.165) is 11.3 Å². The summed E-state index contributed by atoms with van der Waals surface area (Å²) in [6.07, 6.45) is 1.40. The molecule has 1 aromatic carbocycles. The number of hydrogen-bond donors (Lipinski definition) is 1. The highest BCUT2D eigenvalue weighted by atomic mass is 35.5. The third kappa shape index (κ3) is 3.31. The van der Waals surface area contributed by atoms with Crippen molar-refractivity contribution in [2.45, 2.75) is 20.1 Å². The van der Waals surface area contributed by atoms with Crippen LogP contribution in [0, 0.1) is 0 Å². The van der Waals surface area contributed by atoms with Gasteiger partial charge in [-0.25, -0.2) is 4.98 Å². The number of halogens is 3. The molecule has 0 aliphatic heterocycles. The summed E-state index contributed by atoms with van der Waals surface area (Å²) < 4.78 is 30.9. The van der Waals surface area contributed by atoms with Crippen LogP contribution in [0.15, 0.2) is 24.4 Å². The fourth-order valence-corrected chi connectivity index (χ4v) is 3.24. The largest absolute Gasteiger partial charge is 0.435 e. The molecule has 0 aliphatic carbocycles. The van der Waals surface area contributed by atoms with Crippen molar-refractivity contribution in [1.82, 2.24) is 14.8 Å². The van der Waals surface area contributed by atoms with Crippen LogP contribution in [0.4, 0.5) is 13.9 Å². The third-order valence-corrected chi connectivity index (χ3v) is 4.33. The summed E-state index contributed by atoms with van der Waals surface area (Å²) in [5.41, 5.74) is 0.798. The van der Waals surface area contributed by atoms with Crippen LogP contribution < -0.4 is 10.1 Å². The van der Waals surface area contributed by atoms with Gasteiger partial charge in [0.15, 0.2) is 5.13 Å². The van der Waals surface area contributed by atoms with Gasteiger partial charge in [-0.05, 0) is 25.1 Å². The zero-order valence-corrected chi connectivity index (χ0v) is 13.9. The van der Waals surface area contributed by atoms with E-state index in [4.69, 9.17) is 11.6 Å². The predicted molar refractivity (Wildman–Crippen MR) is 87.1 cm³/mol. The molecule has 24 heavy (non-hydrogen) atoms. The molecule has 0 unspecified atom stereocenters. The van der Waals surface area contributed by atoms with Crippen LogP contribution in [-0.2, 0) is 6.54 Å². The Balaban J connectivity index is 1.84. The highest BCUT2D eigenvalue weighted by molar-refractivity contribution is 7.22. The molecular formula is C14H11ClF2N4O2S. The number of alkyl halides is 2. The highest BCUT2D eigenvalue weighted by Gasteiger charge is 2.18. The lowest BCUT2D eigenvalue weighted by Gasteiger charge is -2.04. The number of aromatic nitrogens is 3. The first kappa shape index (κ1) is 16.6. The lowest BCUT2D eigenvalue weighted by molar-refractivity contribution is -0.0497. The molecule has 0 atom stereocenters. The molecular weight excluding hydrogens is 362 g/mol. The molecule has 2 heterocycles. The molecule has 10 heteroatoms. The Kier molecular flexibility index (Phi) is 4.63. The van der Waals surface area contributed by atoms with Crippen molar-refractivity contribution in [1.29, 1.82) is 0 Å². The summed E-state index contributed by atoms with van der Waals surface area (Å²) in [5, 5.41) is 7.20. The molecule has 0 saturated heterocycles. The normalized spacial score (nSPS) is 11.2. The fourth-order valence-electron chi connectivity index (χ4n) is 2.12. The number of nitrogens with one attached hydrogen (secondary N) is 1. The summed E-state index contributed by atoms with van der Waals surface area (Å²) in [6.45, 7) is -0.572. The monoisotopic (exact) mass is 372 g/mol. The minimum Gasteiger partial charge on any atom is -0.435 e. The number of nitrogens with zero attached hydrogens (tertiary/aromatic N) is 3. The van der Waals surface area contributed by atoms with E-state index in [0.29, 0.717) is 21.9 Å². The zero-order valence-electron chi connectivity index (χ0n) is 12.3. The van der Waals surface area contributed by atoms with Crippen molar-refractivity contribution in [3.8, 4) is 5.75 Å². The minimum atomic E-state index is -2.90. The number of carbonyl (C=O) groups excluding carboxylic acids is 1. The number of aryl methyl sites for hydroxylation is 1. The number of benzene rings is 1. The molecule has 2 aromatic heterocycles. The Hall–Kier alpha value is -2.26. The van der Waals surface area contributed by atoms with Crippen LogP contribution in [0.5, 0.6) is 5.75 Å². The van der Waals surface area contributed by atoms with Gasteiger partial charge in [-0.3, -0.25) is 14.8 Å². The summed E-state index contributed by atoms with van der Waals surface area (Å²) in [7, 11) is 0. The quantitative estimate of drug-likeness (QED) is 0.734. The van der Waals surface area contributed by atoms with Crippen molar-refractivity contribution < 1.29 is 18.3 Å². The van der Waals surface area contributed by atoms with Gasteiger partial charge in [-0.1, -0.05) is 22.9 Å². The van der Waals surface area contributed by atoms with Crippen molar-refractivity contribution in [3.05, 3.63) is 35.1 Å². The number of fused-ring (bicyclic) bond motifs is 1. The summed E-state index contributed by atoms with van der Waals surface area (Å²) in [6, 6.07) is 4.38. The van der Waals surface area contributed by atoms with E-state index < -0.39 is 12.5 Å². The molecule has 6 nitrogen and oxygen atoms in total. The smallest absolute Gasteiger partial charge is 0.387 e. The Labute approximate surface area is 144 Å². The molecule has 0 saturated carbocycles. The molecule has 126 valence electrons. The van der Waals surface area contributed by atoms with Gasteiger partial charge in [-0.2, -0.15) is 13.9 Å². The van der Waals surface area contributed by atoms with E-state index in [1.54, 1.807) is 6.07 Å². The van der Waals surface area contributed by atoms with Crippen LogP contribution in [0.2, 0.25) is 5.02 Å². The van der Waals surface area contributed by atoms with Crippen LogP contribution in [-0.4, -0.2) is 27.3 Å². The number of hydrogen-bond acceptors (Lipinski definition) is 5. The average molecular weight is 373 g/mol. The Morgan fingerprint density at radius 2 is 2.29 bits per heavy atom. The van der Waals surface area contributed by atoms with Gasteiger partial charge in [0.1, 0.15) is 11.4 Å². The summed E-state index contributed by atoms with van der Waals surface area (Å²) in [4.78, 5) is 16.6. The minimum absolute atomic E-state index is 0.0335. The SMILES string of the molecule is CCn1ncc(Cl)c1C(=O)Nc1nc2ccc(OC(F)F)cc2s1. The first-order valence-electron chi connectivity index (χ1n) is 6.86. The number of rotatable bonds is 5. The summed E-state index contributed by atoms with van der Waals surface area (Å²) in [5.74, 6) is -0.409. The molecule has 0 bridgehead atoms. The molecule has 1 amide bonds. The molecule has 1 N–H and O–H groups in total. The van der Waals surface area contributed by atoms with Crippen molar-refractivity contribution >= 4 is 44.2 Å². The van der Waals surface area contributed by atoms with Crippen LogP contribution in [0.1, 0.15) is 17.4 Å². The van der Waals surface area contributed by atoms with Gasteiger partial charge in [0.2, 0.25) is 0 Å². The Bertz CT molecular complexity index is 896. The standard InChI is InChI=1S/C14H11ClF2N4O2S/c1-2-21-11(8(15)6-18-21)12(22)20-14-19-9-4-3-7(23-13(16)17)5-10(9)24-14/h3-6,13H,2H2,1H3,(H,19,20,22). The average Bonchev–Trinajstić information content (AvgIpc) is 3.08. The number of thiazole rings is 1. The van der Waals surface area contributed by atoms with Crippen LogP contribution in [0.3, 0.4) is 0 Å². The van der Waals surface area contributed by atoms with Gasteiger partial charge in [-0.15, -0.1) is 0 Å². The topological polar surface area (TPSA) is 69.0 Å². The maximum absolute atomic E-state index is 12.4. The van der Waals surface area contributed by atoms with E-state index in [1.165, 1.54) is 23.0 Å². The van der Waals surface area contributed by atoms with Gasteiger partial charge in [0.05, 0.1) is 21.4 Å².